The average Bonchev–Trinajstić information content (AvgIpc) is 3.01. The summed E-state index contributed by atoms with van der Waals surface area (Å²) in [5, 5.41) is 10.4. The lowest BCUT2D eigenvalue weighted by molar-refractivity contribution is -0.131. The Morgan fingerprint density at radius 3 is 2.73 bits per heavy atom. The quantitative estimate of drug-likeness (QED) is 0.682. The van der Waals surface area contributed by atoms with E-state index in [2.05, 4.69) is 13.8 Å². The summed E-state index contributed by atoms with van der Waals surface area (Å²) in [6.45, 7) is 4.18. The Labute approximate surface area is 165 Å². The Morgan fingerprint density at radius 2 is 2.12 bits per heavy atom. The summed E-state index contributed by atoms with van der Waals surface area (Å²) >= 11 is 6.86. The molecule has 1 amide bonds. The maximum absolute atomic E-state index is 12.6. The highest BCUT2D eigenvalue weighted by Crippen LogP contribution is 2.29. The molecule has 4 nitrogen and oxygen atoms in total. The number of thioether (sulfide) groups is 1. The molecule has 142 valence electrons. The fourth-order valence-corrected chi connectivity index (χ4v) is 4.57. The summed E-state index contributed by atoms with van der Waals surface area (Å²) in [5.41, 5.74) is 1.07. The van der Waals surface area contributed by atoms with Crippen molar-refractivity contribution < 1.29 is 14.6 Å². The number of thiocarbonyl (C=S) groups is 1. The van der Waals surface area contributed by atoms with Gasteiger partial charge in [-0.05, 0) is 11.5 Å². The van der Waals surface area contributed by atoms with Gasteiger partial charge >= 0.3 is 0 Å². The third-order valence-electron chi connectivity index (χ3n) is 4.46. The van der Waals surface area contributed by atoms with Crippen molar-refractivity contribution in [1.29, 1.82) is 0 Å². The van der Waals surface area contributed by atoms with E-state index in [0.717, 1.165) is 11.3 Å². The average molecular weight is 394 g/mol. The molecule has 0 aromatic heterocycles. The Hall–Kier alpha value is -1.21. The van der Waals surface area contributed by atoms with E-state index >= 15 is 0 Å². The molecule has 1 fully saturated rings. The van der Waals surface area contributed by atoms with Gasteiger partial charge in [0.05, 0.1) is 18.6 Å². The van der Waals surface area contributed by atoms with Crippen LogP contribution in [0.15, 0.2) is 36.4 Å². The first-order valence-electron chi connectivity index (χ1n) is 8.85. The first-order chi connectivity index (χ1) is 12.4. The molecule has 1 aromatic carbocycles. The lowest BCUT2D eigenvalue weighted by Gasteiger charge is -2.27. The van der Waals surface area contributed by atoms with Crippen molar-refractivity contribution >= 4 is 40.3 Å². The Kier molecular flexibility index (Phi) is 8.28. The van der Waals surface area contributed by atoms with E-state index in [1.54, 1.807) is 23.8 Å². The maximum Gasteiger partial charge on any atom is 0.230 e. The summed E-state index contributed by atoms with van der Waals surface area (Å²) in [5.74, 6) is 1.07. The highest BCUT2D eigenvalue weighted by molar-refractivity contribution is 8.23. The van der Waals surface area contributed by atoms with Gasteiger partial charge in [0.25, 0.3) is 0 Å². The van der Waals surface area contributed by atoms with Gasteiger partial charge in [0.15, 0.2) is 0 Å². The van der Waals surface area contributed by atoms with Crippen LogP contribution in [-0.2, 0) is 9.53 Å². The predicted octanol–water partition coefficient (Wildman–Crippen LogP) is 3.74. The molecule has 1 N–H and O–H groups in total. The minimum atomic E-state index is -0.769. The number of nitrogens with zero attached hydrogens (tertiary/aromatic N) is 1. The smallest absolute Gasteiger partial charge is 0.230 e. The van der Waals surface area contributed by atoms with Crippen LogP contribution in [0.2, 0.25) is 0 Å². The van der Waals surface area contributed by atoms with Crippen molar-refractivity contribution in [2.45, 2.75) is 44.9 Å². The lowest BCUT2D eigenvalue weighted by atomic mass is 10.0. The largest absolute Gasteiger partial charge is 0.392 e. The zero-order valence-corrected chi connectivity index (χ0v) is 17.1. The van der Waals surface area contributed by atoms with Crippen LogP contribution in [-0.4, -0.2) is 51.3 Å². The van der Waals surface area contributed by atoms with Gasteiger partial charge in [-0.15, -0.1) is 0 Å². The molecule has 6 heteroatoms. The normalized spacial score (nSPS) is 20.1. The molecule has 1 saturated heterocycles. The zero-order chi connectivity index (χ0) is 19.1. The van der Waals surface area contributed by atoms with E-state index in [1.165, 1.54) is 0 Å². The van der Waals surface area contributed by atoms with E-state index in [4.69, 9.17) is 17.0 Å². The van der Waals surface area contributed by atoms with Gasteiger partial charge in [-0.1, -0.05) is 80.3 Å². The number of hydrogen-bond acceptors (Lipinski definition) is 5. The molecular weight excluding hydrogens is 366 g/mol. The molecule has 0 spiro atoms. The third-order valence-corrected chi connectivity index (χ3v) is 5.97. The number of carbonyl (C=O) groups excluding carboxylic acids is 1. The summed E-state index contributed by atoms with van der Waals surface area (Å²) < 4.78 is 6.05. The van der Waals surface area contributed by atoms with Crippen LogP contribution < -0.4 is 0 Å². The number of benzene rings is 1. The van der Waals surface area contributed by atoms with E-state index in [0.29, 0.717) is 16.7 Å². The Balaban J connectivity index is 1.91. The van der Waals surface area contributed by atoms with Gasteiger partial charge < -0.3 is 9.84 Å². The zero-order valence-electron chi connectivity index (χ0n) is 15.5. The molecule has 0 unspecified atom stereocenters. The van der Waals surface area contributed by atoms with Crippen molar-refractivity contribution in [3.63, 3.8) is 0 Å². The summed E-state index contributed by atoms with van der Waals surface area (Å²) in [7, 11) is 1.61. The van der Waals surface area contributed by atoms with Gasteiger partial charge in [-0.3, -0.25) is 9.69 Å². The molecule has 0 aliphatic carbocycles. The molecule has 2 rings (SSSR count). The maximum atomic E-state index is 12.6. The van der Waals surface area contributed by atoms with Crippen molar-refractivity contribution in [2.75, 3.05) is 12.9 Å². The topological polar surface area (TPSA) is 49.8 Å². The molecule has 0 bridgehead atoms. The van der Waals surface area contributed by atoms with Gasteiger partial charge in [0.2, 0.25) is 5.91 Å². The number of carbonyl (C=O) groups is 1. The number of aliphatic hydroxyl groups excluding tert-OH is 1. The van der Waals surface area contributed by atoms with Crippen LogP contribution in [0.1, 0.15) is 32.3 Å². The number of rotatable bonds is 8. The molecule has 0 radical (unpaired) electrons. The summed E-state index contributed by atoms with van der Waals surface area (Å²) in [4.78, 5) is 14.3. The first kappa shape index (κ1) is 21.1. The number of hydrogen-bond donors (Lipinski definition) is 1. The highest BCUT2D eigenvalue weighted by atomic mass is 32.2. The fraction of sp³-hybridized carbons (Fsp3) is 0.500. The number of amides is 1. The van der Waals surface area contributed by atoms with Gasteiger partial charge in [0.1, 0.15) is 4.32 Å². The highest BCUT2D eigenvalue weighted by Gasteiger charge is 2.36. The van der Waals surface area contributed by atoms with Crippen LogP contribution in [0.3, 0.4) is 0 Å². The molecule has 1 aliphatic heterocycles. The molecular formula is C20H27NO3S2. The molecule has 1 heterocycles. The van der Waals surface area contributed by atoms with Crippen molar-refractivity contribution in [2.24, 2.45) is 5.92 Å². The Bertz CT molecular complexity index is 633. The van der Waals surface area contributed by atoms with Crippen LogP contribution in [0, 0.1) is 5.92 Å². The van der Waals surface area contributed by atoms with Crippen LogP contribution >= 0.6 is 24.0 Å². The van der Waals surface area contributed by atoms with E-state index < -0.39 is 6.10 Å². The van der Waals surface area contributed by atoms with Crippen LogP contribution in [0.25, 0.3) is 6.08 Å². The second kappa shape index (κ2) is 10.2. The summed E-state index contributed by atoms with van der Waals surface area (Å²) in [6.07, 6.45) is 3.28. The van der Waals surface area contributed by atoms with Crippen LogP contribution in [0.4, 0.5) is 0 Å². The van der Waals surface area contributed by atoms with Crippen molar-refractivity contribution in [1.82, 2.24) is 4.90 Å². The summed E-state index contributed by atoms with van der Waals surface area (Å²) in [6, 6.07) is 10.0. The van der Waals surface area contributed by atoms with Crippen molar-refractivity contribution in [3.05, 3.63) is 42.0 Å². The first-order valence-corrected chi connectivity index (χ1v) is 10.2. The molecule has 26 heavy (non-hydrogen) atoms. The minimum absolute atomic E-state index is 0.0585. The third kappa shape index (κ3) is 5.91. The molecule has 3 atom stereocenters. The fourth-order valence-electron chi connectivity index (χ4n) is 2.90. The Morgan fingerprint density at radius 1 is 1.42 bits per heavy atom. The predicted molar refractivity (Wildman–Crippen MR) is 112 cm³/mol. The molecule has 1 aliphatic rings. The van der Waals surface area contributed by atoms with Crippen LogP contribution in [0.5, 0.6) is 0 Å². The minimum Gasteiger partial charge on any atom is -0.392 e. The number of aliphatic hydroxyl groups is 1. The standard InChI is InChI=1S/C20H27NO3S2/c1-14(2)18-13-26-20(25)21(18)19(23)12-16(22)11-17(24-3)10-9-15-7-5-4-6-8-15/h4-10,14,16-18,22H,11-13H2,1-3H3/b10-9+/t16-,17-,18+/m0/s1. The van der Waals surface area contributed by atoms with Gasteiger partial charge in [0, 0.05) is 25.3 Å². The second-order valence-corrected chi connectivity index (χ2v) is 8.44. The van der Waals surface area contributed by atoms with Gasteiger partial charge in [-0.25, -0.2) is 0 Å². The molecule has 1 aromatic rings. The SMILES string of the molecule is CO[C@@H](/C=C/c1ccccc1)C[C@H](O)CC(=O)N1C(=S)SC[C@@H]1C(C)C. The molecule has 0 saturated carbocycles. The van der Waals surface area contributed by atoms with Crippen molar-refractivity contribution in [3.8, 4) is 0 Å². The van der Waals surface area contributed by atoms with E-state index in [9.17, 15) is 9.90 Å². The van der Waals surface area contributed by atoms with Gasteiger partial charge in [-0.2, -0.15) is 0 Å². The van der Waals surface area contributed by atoms with E-state index in [1.807, 2.05) is 42.5 Å². The lowest BCUT2D eigenvalue weighted by Crippen LogP contribution is -2.43. The number of methoxy groups -OCH3 is 1. The van der Waals surface area contributed by atoms with E-state index in [-0.39, 0.29) is 24.5 Å². The second-order valence-electron chi connectivity index (χ2n) is 6.79. The number of ether oxygens (including phenoxy) is 1. The monoisotopic (exact) mass is 393 g/mol.